The number of rotatable bonds is 4. The maximum atomic E-state index is 13.2. The Balaban J connectivity index is 2.69. The van der Waals surface area contributed by atoms with Crippen LogP contribution >= 0.6 is 15.9 Å². The Morgan fingerprint density at radius 2 is 1.96 bits per heavy atom. The Labute approximate surface area is 138 Å². The number of alkyl halides is 3. The van der Waals surface area contributed by atoms with Crippen LogP contribution in [-0.4, -0.2) is 16.7 Å². The van der Waals surface area contributed by atoms with E-state index in [-0.39, 0.29) is 28.1 Å². The molecule has 4 nitrogen and oxygen atoms in total. The molecule has 1 heterocycles. The third-order valence-corrected chi connectivity index (χ3v) is 3.95. The molecule has 0 aliphatic heterocycles. The minimum absolute atomic E-state index is 0.0152. The van der Waals surface area contributed by atoms with E-state index in [2.05, 4.69) is 20.9 Å². The number of aromatic amines is 1. The number of H-pyrrole nitrogens is 1. The van der Waals surface area contributed by atoms with Crippen LogP contribution < -0.4 is 0 Å². The molecule has 0 spiro atoms. The minimum atomic E-state index is -4.62. The van der Waals surface area contributed by atoms with Crippen LogP contribution in [0.25, 0.3) is 11.3 Å². The standard InChI is InChI=1S/C15H12BrF3N2O2/c1-2-23-10(7-20)11-12(16)14(15(17,18)19)21-13(11)8-3-5-9(22)6-4-8/h3-6,10,21-22H,2H2,1H3. The number of halogens is 4. The summed E-state index contributed by atoms with van der Waals surface area (Å²) in [5.74, 6) is -0.0152. The Morgan fingerprint density at radius 3 is 2.43 bits per heavy atom. The number of phenolic OH excluding ortho intramolecular Hbond substituents is 1. The smallest absolute Gasteiger partial charge is 0.432 e. The van der Waals surface area contributed by atoms with Gasteiger partial charge in [-0.1, -0.05) is 0 Å². The van der Waals surface area contributed by atoms with Crippen LogP contribution in [-0.2, 0) is 10.9 Å². The Hall–Kier alpha value is -1.98. The van der Waals surface area contributed by atoms with Crippen molar-refractivity contribution in [3.05, 3.63) is 40.0 Å². The summed E-state index contributed by atoms with van der Waals surface area (Å²) in [6.07, 6.45) is -5.78. The van der Waals surface area contributed by atoms with E-state index >= 15 is 0 Å². The zero-order valence-corrected chi connectivity index (χ0v) is 13.5. The highest BCUT2D eigenvalue weighted by molar-refractivity contribution is 9.10. The number of nitriles is 1. The van der Waals surface area contributed by atoms with Gasteiger partial charge >= 0.3 is 6.18 Å². The molecule has 0 aliphatic rings. The van der Waals surface area contributed by atoms with E-state index in [0.717, 1.165) is 0 Å². The average Bonchev–Trinajstić information content (AvgIpc) is 2.83. The first-order valence-electron chi connectivity index (χ1n) is 6.58. The molecule has 0 radical (unpaired) electrons. The molecule has 2 rings (SSSR count). The van der Waals surface area contributed by atoms with Crippen molar-refractivity contribution in [3.8, 4) is 23.1 Å². The van der Waals surface area contributed by atoms with Crippen LogP contribution in [0.4, 0.5) is 13.2 Å². The summed E-state index contributed by atoms with van der Waals surface area (Å²) in [7, 11) is 0. The molecule has 0 saturated heterocycles. The van der Waals surface area contributed by atoms with Crippen LogP contribution in [0.2, 0.25) is 0 Å². The summed E-state index contributed by atoms with van der Waals surface area (Å²) in [6, 6.07) is 7.47. The van der Waals surface area contributed by atoms with Crippen LogP contribution in [0.5, 0.6) is 5.75 Å². The molecule has 2 N–H and O–H groups in total. The van der Waals surface area contributed by atoms with Crippen LogP contribution in [0, 0.1) is 11.3 Å². The summed E-state index contributed by atoms with van der Waals surface area (Å²) in [6.45, 7) is 1.82. The Bertz CT molecular complexity index is 733. The topological polar surface area (TPSA) is 69.0 Å². The van der Waals surface area contributed by atoms with Gasteiger partial charge in [0, 0.05) is 12.2 Å². The Morgan fingerprint density at radius 1 is 1.35 bits per heavy atom. The van der Waals surface area contributed by atoms with Crippen LogP contribution in [0.1, 0.15) is 24.3 Å². The predicted molar refractivity (Wildman–Crippen MR) is 80.6 cm³/mol. The molecule has 0 amide bonds. The average molecular weight is 389 g/mol. The van der Waals surface area contributed by atoms with E-state index in [0.29, 0.717) is 5.56 Å². The first-order chi connectivity index (χ1) is 10.8. The molecule has 0 saturated carbocycles. The van der Waals surface area contributed by atoms with Gasteiger partial charge in [-0.05, 0) is 52.7 Å². The number of phenols is 1. The van der Waals surface area contributed by atoms with Gasteiger partial charge in [0.25, 0.3) is 0 Å². The zero-order chi connectivity index (χ0) is 17.2. The molecule has 1 aromatic carbocycles. The summed E-state index contributed by atoms with van der Waals surface area (Å²) in [5, 5.41) is 18.6. The Kier molecular flexibility index (Phi) is 5.02. The second-order valence-electron chi connectivity index (χ2n) is 4.61. The number of hydrogen-bond donors (Lipinski definition) is 2. The maximum Gasteiger partial charge on any atom is 0.432 e. The van der Waals surface area contributed by atoms with Gasteiger partial charge < -0.3 is 14.8 Å². The van der Waals surface area contributed by atoms with E-state index < -0.39 is 18.0 Å². The van der Waals surface area contributed by atoms with Gasteiger partial charge in [-0.2, -0.15) is 18.4 Å². The van der Waals surface area contributed by atoms with Crippen molar-refractivity contribution in [1.29, 1.82) is 5.26 Å². The number of nitrogens with one attached hydrogen (secondary N) is 1. The highest BCUT2D eigenvalue weighted by Crippen LogP contribution is 2.43. The van der Waals surface area contributed by atoms with E-state index in [9.17, 15) is 23.5 Å². The van der Waals surface area contributed by atoms with Crippen molar-refractivity contribution in [2.45, 2.75) is 19.2 Å². The van der Waals surface area contributed by atoms with Gasteiger partial charge in [0.05, 0.1) is 16.2 Å². The highest BCUT2D eigenvalue weighted by atomic mass is 79.9. The molecule has 0 bridgehead atoms. The molecule has 0 aliphatic carbocycles. The molecular weight excluding hydrogens is 377 g/mol. The normalized spacial score (nSPS) is 12.9. The molecular formula is C15H12BrF3N2O2. The minimum Gasteiger partial charge on any atom is -0.508 e. The quantitative estimate of drug-likeness (QED) is 0.792. The number of hydrogen-bond acceptors (Lipinski definition) is 3. The molecule has 1 atom stereocenters. The van der Waals surface area contributed by atoms with Crippen LogP contribution in [0.3, 0.4) is 0 Å². The third-order valence-electron chi connectivity index (χ3n) is 3.13. The number of ether oxygens (including phenoxy) is 1. The van der Waals surface area contributed by atoms with E-state index in [1.807, 2.05) is 6.07 Å². The fourth-order valence-electron chi connectivity index (χ4n) is 2.14. The van der Waals surface area contributed by atoms with Crippen molar-refractivity contribution >= 4 is 15.9 Å². The van der Waals surface area contributed by atoms with E-state index in [1.165, 1.54) is 24.3 Å². The van der Waals surface area contributed by atoms with Crippen molar-refractivity contribution in [2.75, 3.05) is 6.61 Å². The monoisotopic (exact) mass is 388 g/mol. The van der Waals surface area contributed by atoms with Gasteiger partial charge in [-0.15, -0.1) is 0 Å². The fourth-order valence-corrected chi connectivity index (χ4v) is 2.87. The lowest BCUT2D eigenvalue weighted by Gasteiger charge is -2.12. The number of nitrogens with zero attached hydrogens (tertiary/aromatic N) is 1. The largest absolute Gasteiger partial charge is 0.508 e. The number of benzene rings is 1. The van der Waals surface area contributed by atoms with Crippen molar-refractivity contribution in [1.82, 2.24) is 4.98 Å². The van der Waals surface area contributed by atoms with Crippen molar-refractivity contribution in [2.24, 2.45) is 0 Å². The molecule has 0 fully saturated rings. The molecule has 8 heteroatoms. The molecule has 23 heavy (non-hydrogen) atoms. The molecule has 1 aromatic heterocycles. The second kappa shape index (κ2) is 6.64. The number of aromatic hydroxyl groups is 1. The fraction of sp³-hybridized carbons (Fsp3) is 0.267. The SMILES string of the molecule is CCOC(C#N)c1c(-c2ccc(O)cc2)[nH]c(C(F)(F)F)c1Br. The second-order valence-corrected chi connectivity index (χ2v) is 5.40. The van der Waals surface area contributed by atoms with Gasteiger partial charge in [-0.25, -0.2) is 0 Å². The van der Waals surface area contributed by atoms with Gasteiger partial charge in [0.15, 0.2) is 6.10 Å². The summed E-state index contributed by atoms with van der Waals surface area (Å²) in [4.78, 5) is 2.31. The molecule has 1 unspecified atom stereocenters. The first kappa shape index (κ1) is 17.4. The van der Waals surface area contributed by atoms with Crippen molar-refractivity contribution in [3.63, 3.8) is 0 Å². The first-order valence-corrected chi connectivity index (χ1v) is 7.38. The summed E-state index contributed by atoms with van der Waals surface area (Å²) in [5.41, 5.74) is -0.402. The molecule has 122 valence electrons. The van der Waals surface area contributed by atoms with Gasteiger partial charge in [0.2, 0.25) is 0 Å². The predicted octanol–water partition coefficient (Wildman–Crippen LogP) is 4.77. The van der Waals surface area contributed by atoms with Gasteiger partial charge in [-0.3, -0.25) is 0 Å². The maximum absolute atomic E-state index is 13.2. The lowest BCUT2D eigenvalue weighted by Crippen LogP contribution is -2.07. The molecule has 2 aromatic rings. The highest BCUT2D eigenvalue weighted by Gasteiger charge is 2.39. The summed E-state index contributed by atoms with van der Waals surface area (Å²) < 4.78 is 44.4. The van der Waals surface area contributed by atoms with E-state index in [4.69, 9.17) is 4.74 Å². The number of aromatic nitrogens is 1. The third kappa shape index (κ3) is 3.51. The summed E-state index contributed by atoms with van der Waals surface area (Å²) >= 11 is 2.93. The van der Waals surface area contributed by atoms with Gasteiger partial charge in [0.1, 0.15) is 11.4 Å². The zero-order valence-electron chi connectivity index (χ0n) is 11.9. The lowest BCUT2D eigenvalue weighted by molar-refractivity contribution is -0.141. The lowest BCUT2D eigenvalue weighted by atomic mass is 10.0. The van der Waals surface area contributed by atoms with Crippen molar-refractivity contribution < 1.29 is 23.0 Å². The van der Waals surface area contributed by atoms with Crippen LogP contribution in [0.15, 0.2) is 28.7 Å². The van der Waals surface area contributed by atoms with E-state index in [1.54, 1.807) is 6.92 Å².